The molecule has 1 heterocycles. The van der Waals surface area contributed by atoms with E-state index in [1.54, 1.807) is 4.68 Å². The molecular weight excluding hydrogens is 248 g/mol. The van der Waals surface area contributed by atoms with Crippen molar-refractivity contribution in [2.24, 2.45) is 12.5 Å². The Morgan fingerprint density at radius 1 is 1.30 bits per heavy atom. The summed E-state index contributed by atoms with van der Waals surface area (Å²) < 4.78 is 1.75. The van der Waals surface area contributed by atoms with Gasteiger partial charge in [-0.1, -0.05) is 23.5 Å². The minimum absolute atomic E-state index is 0.0537. The number of rotatable bonds is 1. The van der Waals surface area contributed by atoms with Crippen LogP contribution in [0.15, 0.2) is 23.6 Å². The maximum atomic E-state index is 10.1. The molecule has 2 rings (SSSR count). The molecule has 1 aliphatic carbocycles. The molecule has 0 unspecified atom stereocenters. The van der Waals surface area contributed by atoms with Crippen molar-refractivity contribution in [2.45, 2.75) is 40.5 Å². The topological polar surface area (TPSA) is 38.0 Å². The summed E-state index contributed by atoms with van der Waals surface area (Å²) in [6.45, 7) is 8.32. The molecule has 0 fully saturated rings. The number of nitrogens with zero attached hydrogens (tertiary/aromatic N) is 2. The Hall–Kier alpha value is -1.95. The van der Waals surface area contributed by atoms with Gasteiger partial charge in [0.2, 0.25) is 0 Å². The molecule has 0 radical (unpaired) electrons. The highest BCUT2D eigenvalue weighted by Gasteiger charge is 2.18. The highest BCUT2D eigenvalue weighted by molar-refractivity contribution is 5.78. The Morgan fingerprint density at radius 2 is 2.00 bits per heavy atom. The van der Waals surface area contributed by atoms with Crippen molar-refractivity contribution in [3.63, 3.8) is 0 Å². The van der Waals surface area contributed by atoms with Crippen molar-refractivity contribution in [1.82, 2.24) is 9.78 Å². The van der Waals surface area contributed by atoms with Gasteiger partial charge in [-0.25, -0.2) is 0 Å². The molecule has 0 atom stereocenters. The lowest BCUT2D eigenvalue weighted by Crippen LogP contribution is -2.01. The summed E-state index contributed by atoms with van der Waals surface area (Å²) >= 11 is 0. The summed E-state index contributed by atoms with van der Waals surface area (Å²) in [5, 5.41) is 14.6. The zero-order valence-corrected chi connectivity index (χ0v) is 12.9. The number of aliphatic hydroxyl groups excluding tert-OH is 1. The van der Waals surface area contributed by atoms with Gasteiger partial charge < -0.3 is 5.11 Å². The largest absolute Gasteiger partial charge is 0.512 e. The van der Waals surface area contributed by atoms with Gasteiger partial charge in [0.1, 0.15) is 11.5 Å². The molecule has 3 nitrogen and oxygen atoms in total. The first-order valence-electron chi connectivity index (χ1n) is 6.93. The van der Waals surface area contributed by atoms with Gasteiger partial charge in [-0.15, -0.1) is 0 Å². The SMILES string of the molecule is CC1=CC(c2nn(C)cc2C#CC(C)(C)C)=C(O)CC1. The van der Waals surface area contributed by atoms with E-state index in [1.807, 2.05) is 19.3 Å². The Morgan fingerprint density at radius 3 is 2.65 bits per heavy atom. The van der Waals surface area contributed by atoms with Crippen LogP contribution in [0.2, 0.25) is 0 Å². The number of hydrogen-bond donors (Lipinski definition) is 1. The minimum atomic E-state index is -0.0537. The van der Waals surface area contributed by atoms with Crippen LogP contribution >= 0.6 is 0 Å². The lowest BCUT2D eigenvalue weighted by Gasteiger charge is -2.13. The van der Waals surface area contributed by atoms with Crippen molar-refractivity contribution < 1.29 is 5.11 Å². The molecule has 0 aliphatic heterocycles. The first kappa shape index (κ1) is 14.5. The molecule has 0 aromatic carbocycles. The van der Waals surface area contributed by atoms with Crippen LogP contribution in [0.4, 0.5) is 0 Å². The summed E-state index contributed by atoms with van der Waals surface area (Å²) in [4.78, 5) is 0. The van der Waals surface area contributed by atoms with Crippen molar-refractivity contribution in [2.75, 3.05) is 0 Å². The number of allylic oxidation sites excluding steroid dienone is 4. The highest BCUT2D eigenvalue weighted by Crippen LogP contribution is 2.30. The van der Waals surface area contributed by atoms with Gasteiger partial charge in [-0.3, -0.25) is 4.68 Å². The molecule has 1 aromatic heterocycles. The fourth-order valence-corrected chi connectivity index (χ4v) is 2.09. The van der Waals surface area contributed by atoms with Crippen LogP contribution in [-0.2, 0) is 7.05 Å². The summed E-state index contributed by atoms with van der Waals surface area (Å²) in [7, 11) is 1.88. The molecule has 1 aliphatic rings. The lowest BCUT2D eigenvalue weighted by molar-refractivity contribution is 0.389. The second-order valence-electron chi connectivity index (χ2n) is 6.42. The van der Waals surface area contributed by atoms with Crippen LogP contribution < -0.4 is 0 Å². The molecule has 1 aromatic rings. The van der Waals surface area contributed by atoms with E-state index in [0.717, 1.165) is 23.3 Å². The van der Waals surface area contributed by atoms with Gasteiger partial charge in [0, 0.05) is 30.7 Å². The summed E-state index contributed by atoms with van der Waals surface area (Å²) in [6, 6.07) is 0. The number of aromatic nitrogens is 2. The monoisotopic (exact) mass is 270 g/mol. The van der Waals surface area contributed by atoms with Gasteiger partial charge in [0.05, 0.1) is 5.56 Å². The Bertz CT molecular complexity index is 643. The molecule has 0 saturated heterocycles. The quantitative estimate of drug-likeness (QED) is 0.788. The third kappa shape index (κ3) is 3.33. The van der Waals surface area contributed by atoms with Crippen LogP contribution in [0.5, 0.6) is 0 Å². The molecule has 0 saturated carbocycles. The van der Waals surface area contributed by atoms with E-state index >= 15 is 0 Å². The smallest absolute Gasteiger partial charge is 0.111 e. The summed E-state index contributed by atoms with van der Waals surface area (Å²) in [6.07, 6.45) is 5.51. The van der Waals surface area contributed by atoms with Crippen molar-refractivity contribution in [3.8, 4) is 11.8 Å². The number of hydrogen-bond acceptors (Lipinski definition) is 2. The van der Waals surface area contributed by atoms with Gasteiger partial charge in [0.15, 0.2) is 0 Å². The molecule has 106 valence electrons. The fraction of sp³-hybridized carbons (Fsp3) is 0.471. The maximum absolute atomic E-state index is 10.1. The van der Waals surface area contributed by atoms with Crippen LogP contribution in [0.3, 0.4) is 0 Å². The molecule has 1 N–H and O–H groups in total. The van der Waals surface area contributed by atoms with E-state index in [4.69, 9.17) is 0 Å². The third-order valence-electron chi connectivity index (χ3n) is 3.11. The minimum Gasteiger partial charge on any atom is -0.512 e. The average molecular weight is 270 g/mol. The second-order valence-corrected chi connectivity index (χ2v) is 6.42. The van der Waals surface area contributed by atoms with E-state index < -0.39 is 0 Å². The van der Waals surface area contributed by atoms with Crippen LogP contribution in [-0.4, -0.2) is 14.9 Å². The summed E-state index contributed by atoms with van der Waals surface area (Å²) in [5.74, 6) is 6.84. The van der Waals surface area contributed by atoms with Crippen LogP contribution in [0.1, 0.15) is 51.8 Å². The highest BCUT2D eigenvalue weighted by atomic mass is 16.3. The van der Waals surface area contributed by atoms with Gasteiger partial charge >= 0.3 is 0 Å². The predicted molar refractivity (Wildman–Crippen MR) is 82.1 cm³/mol. The van der Waals surface area contributed by atoms with E-state index in [1.165, 1.54) is 5.57 Å². The second kappa shape index (κ2) is 5.20. The van der Waals surface area contributed by atoms with Gasteiger partial charge in [0.25, 0.3) is 0 Å². The molecule has 3 heteroatoms. The predicted octanol–water partition coefficient (Wildman–Crippen LogP) is 3.83. The van der Waals surface area contributed by atoms with E-state index in [-0.39, 0.29) is 5.41 Å². The van der Waals surface area contributed by atoms with Crippen LogP contribution in [0, 0.1) is 17.3 Å². The van der Waals surface area contributed by atoms with Crippen molar-refractivity contribution in [3.05, 3.63) is 34.9 Å². The molecule has 0 amide bonds. The molecule has 0 spiro atoms. The van der Waals surface area contributed by atoms with Crippen molar-refractivity contribution in [1.29, 1.82) is 0 Å². The Kier molecular flexibility index (Phi) is 3.76. The average Bonchev–Trinajstić information content (AvgIpc) is 2.70. The van der Waals surface area contributed by atoms with E-state index in [0.29, 0.717) is 12.2 Å². The first-order valence-corrected chi connectivity index (χ1v) is 6.93. The molecular formula is C17H22N2O. The zero-order valence-electron chi connectivity index (χ0n) is 12.9. The van der Waals surface area contributed by atoms with Gasteiger partial charge in [-0.05, 0) is 34.1 Å². The fourth-order valence-electron chi connectivity index (χ4n) is 2.09. The number of aliphatic hydroxyl groups is 1. The molecule has 20 heavy (non-hydrogen) atoms. The maximum Gasteiger partial charge on any atom is 0.111 e. The zero-order chi connectivity index (χ0) is 14.9. The van der Waals surface area contributed by atoms with Crippen molar-refractivity contribution >= 4 is 5.57 Å². The molecule has 0 bridgehead atoms. The van der Waals surface area contributed by atoms with Crippen LogP contribution in [0.25, 0.3) is 5.57 Å². The third-order valence-corrected chi connectivity index (χ3v) is 3.11. The van der Waals surface area contributed by atoms with Gasteiger partial charge in [-0.2, -0.15) is 5.10 Å². The summed E-state index contributed by atoms with van der Waals surface area (Å²) in [5.41, 5.74) is 3.67. The first-order chi connectivity index (χ1) is 9.26. The lowest BCUT2D eigenvalue weighted by atomic mass is 9.94. The number of aryl methyl sites for hydroxylation is 1. The van der Waals surface area contributed by atoms with E-state index in [2.05, 4.69) is 44.6 Å². The Labute approximate surface area is 121 Å². The van der Waals surface area contributed by atoms with E-state index in [9.17, 15) is 5.11 Å². The standard InChI is InChI=1S/C17H22N2O/c1-12-6-7-15(20)14(10-12)16-13(11-19(5)18-16)8-9-17(2,3)4/h10-11,20H,6-7H2,1-5H3. The Balaban J connectivity index is 2.50. The normalized spacial score (nSPS) is 15.8.